The molecule has 1 amide bonds. The van der Waals surface area contributed by atoms with Gasteiger partial charge in [0.2, 0.25) is 23.8 Å². The zero-order valence-electron chi connectivity index (χ0n) is 46.4. The molecule has 3 atom stereocenters. The highest BCUT2D eigenvalue weighted by Gasteiger charge is 2.34. The average molecular weight is 1240 g/mol. The summed E-state index contributed by atoms with van der Waals surface area (Å²) < 4.78 is 23.9. The lowest BCUT2D eigenvalue weighted by molar-refractivity contribution is -0.139. The van der Waals surface area contributed by atoms with Crippen LogP contribution in [-0.4, -0.2) is 90.3 Å². The number of aromatic nitrogens is 3. The lowest BCUT2D eigenvalue weighted by atomic mass is 10.1. The Bertz CT molecular complexity index is 3260. The third-order valence-corrected chi connectivity index (χ3v) is 12.9. The van der Waals surface area contributed by atoms with Crippen LogP contribution in [0.15, 0.2) is 109 Å². The number of terminal acetylenes is 1. The van der Waals surface area contributed by atoms with E-state index >= 15 is 0 Å². The molecule has 448 valence electrons. The number of hydrogen-bond acceptors (Lipinski definition) is 14. The van der Waals surface area contributed by atoms with Crippen LogP contribution in [0.3, 0.4) is 0 Å². The van der Waals surface area contributed by atoms with Crippen molar-refractivity contribution < 1.29 is 77.4 Å². The van der Waals surface area contributed by atoms with E-state index in [0.717, 1.165) is 19.4 Å². The molecule has 0 aliphatic carbocycles. The fraction of sp³-hybridized carbons (Fsp3) is 0.322. The Morgan fingerprint density at radius 2 is 0.917 bits per heavy atom. The Hall–Kier alpha value is -8.12. The number of amides is 1. The van der Waals surface area contributed by atoms with E-state index in [1.165, 1.54) is 12.8 Å². The van der Waals surface area contributed by atoms with E-state index in [4.69, 9.17) is 20.8 Å². The van der Waals surface area contributed by atoms with Crippen molar-refractivity contribution >= 4 is 87.1 Å². The summed E-state index contributed by atoms with van der Waals surface area (Å²) in [5, 5.41) is 24.4. The molecule has 3 aliphatic rings. The number of rotatable bonds is 21. The molecule has 6 heterocycles. The summed E-state index contributed by atoms with van der Waals surface area (Å²) in [6, 6.07) is 30.0. The number of ether oxygens (including phenoxy) is 2. The molecule has 9 rings (SSSR count). The van der Waals surface area contributed by atoms with Gasteiger partial charge in [-0.2, -0.15) is 11.0 Å². The average Bonchev–Trinajstić information content (AvgIpc) is 3.52. The van der Waals surface area contributed by atoms with Gasteiger partial charge >= 0.3 is 23.1 Å². The molecule has 0 radical (unpaired) electrons. The highest BCUT2D eigenvalue weighted by molar-refractivity contribution is 8.24. The maximum atomic E-state index is 12.7. The number of carboxylic acid groups (broad SMARTS) is 3. The molecule has 3 aromatic carbocycles. The molecule has 25 heteroatoms. The quantitative estimate of drug-likeness (QED) is 0.0112. The van der Waals surface area contributed by atoms with E-state index in [1.54, 1.807) is 125 Å². The van der Waals surface area contributed by atoms with Crippen molar-refractivity contribution in [2.45, 2.75) is 110 Å². The minimum atomic E-state index is -3.22. The number of halogens is 3. The molecular formula is C59H65Cl3N5O16P. The van der Waals surface area contributed by atoms with Crippen molar-refractivity contribution in [1.29, 1.82) is 0 Å². The van der Waals surface area contributed by atoms with Crippen LogP contribution in [0.25, 0.3) is 0 Å². The van der Waals surface area contributed by atoms with Crippen LogP contribution in [0.4, 0.5) is 0 Å². The predicted octanol–water partition coefficient (Wildman–Crippen LogP) is 11.4. The molecule has 6 aromatic rings. The smallest absolute Gasteiger partial charge is 0.339 e. The normalized spacial score (nSPS) is 14.6. The first-order valence-electron chi connectivity index (χ1n) is 26.5. The van der Waals surface area contributed by atoms with Crippen LogP contribution in [0.2, 0.25) is 0 Å². The van der Waals surface area contributed by atoms with Crippen molar-refractivity contribution in [3.05, 3.63) is 160 Å². The molecule has 3 aromatic heterocycles. The molecule has 5 N–H and O–H groups in total. The molecule has 0 bridgehead atoms. The van der Waals surface area contributed by atoms with E-state index < -0.39 is 40.9 Å². The Morgan fingerprint density at radius 3 is 1.19 bits per heavy atom. The number of hydrogen-bond donors (Lipinski definition) is 5. The fourth-order valence-electron chi connectivity index (χ4n) is 8.75. The van der Waals surface area contributed by atoms with Gasteiger partial charge in [0.1, 0.15) is 17.6 Å². The summed E-state index contributed by atoms with van der Waals surface area (Å²) in [7, 11) is 0. The topological polar surface area (TPSA) is 290 Å². The maximum absolute atomic E-state index is 12.7. The molecular weight excluding hydrogens is 1170 g/mol. The van der Waals surface area contributed by atoms with Gasteiger partial charge in [-0.05, 0) is 176 Å². The Morgan fingerprint density at radius 1 is 0.571 bits per heavy atom. The summed E-state index contributed by atoms with van der Waals surface area (Å²) in [6.07, 6.45) is 13.8. The van der Waals surface area contributed by atoms with Crippen LogP contribution in [0.5, 0.6) is 17.2 Å². The van der Waals surface area contributed by atoms with Crippen LogP contribution in [0.1, 0.15) is 156 Å². The maximum Gasteiger partial charge on any atom is 0.339 e. The van der Waals surface area contributed by atoms with Crippen molar-refractivity contribution in [2.75, 3.05) is 13.2 Å². The zero-order chi connectivity index (χ0) is 61.9. The monoisotopic (exact) mass is 1240 g/mol. The van der Waals surface area contributed by atoms with Crippen LogP contribution in [0, 0.1) is 12.5 Å². The number of unbranched alkanes of at least 4 members (excludes halogenated alkanes) is 2. The van der Waals surface area contributed by atoms with Gasteiger partial charge in [-0.3, -0.25) is 42.9 Å². The molecule has 0 saturated carbocycles. The van der Waals surface area contributed by atoms with Crippen LogP contribution in [-0.2, 0) is 52.9 Å². The van der Waals surface area contributed by atoms with E-state index in [-0.39, 0.29) is 17.3 Å². The van der Waals surface area contributed by atoms with E-state index in [1.807, 2.05) is 4.57 Å². The van der Waals surface area contributed by atoms with E-state index in [2.05, 4.69) is 76.3 Å². The van der Waals surface area contributed by atoms with Crippen molar-refractivity contribution in [3.8, 4) is 29.8 Å². The minimum absolute atomic E-state index is 0.109. The number of nitrogens with one attached hydrogen (secondary N) is 2. The Kier molecular flexibility index (Phi) is 28.1. The summed E-state index contributed by atoms with van der Waals surface area (Å²) in [4.78, 5) is 101. The summed E-state index contributed by atoms with van der Waals surface area (Å²) in [5.74, 6) is -3.07. The second kappa shape index (κ2) is 34.5. The second-order valence-corrected chi connectivity index (χ2v) is 25.0. The fourth-order valence-corrected chi connectivity index (χ4v) is 8.75. The lowest BCUT2D eigenvalue weighted by Gasteiger charge is -2.08. The van der Waals surface area contributed by atoms with Crippen molar-refractivity contribution in [1.82, 2.24) is 24.7 Å². The number of carboxylic acids is 3. The van der Waals surface area contributed by atoms with Crippen molar-refractivity contribution in [2.24, 2.45) is 0 Å². The molecule has 3 aliphatic heterocycles. The number of benzene rings is 3. The van der Waals surface area contributed by atoms with Gasteiger partial charge < -0.3 is 48.2 Å². The Balaban J connectivity index is 0.000000242. The van der Waals surface area contributed by atoms with Gasteiger partial charge in [0, 0.05) is 60.0 Å². The number of aliphatic carboxylic acids is 3. The standard InChI is InChI=1S/C19H22N2O4.C17H13NO4.C16H14N2O5.C4H10.C3H6O2.Cl3OP/c1-2-3-11-20-25-14-6-4-13(5-7-14)18(22)17-9-8-16-15(19(23)24)10-12-21(16)17;1-2-22-12-5-3-11(4-6-12)16(19)15-8-7-14-13(17(20)21)9-10-18(14)15;19-9-17-23-11-3-1-10(2-4-11)15(20)14-6-5-13-12(16(21)22)7-8-18(13)14;1-3-4-2;1-2-5-3-4;1-5(2,3)4/h4-9,15,20H,2-3,10-12H2,1H3,(H,23,24);1,3-8,13H,9-10H2,(H,20,21);1-6,9,12H,7-8H2,(H,17,19)(H,21,22);3-4H2,1-2H3;3H,2H2,1H3;. The predicted molar refractivity (Wildman–Crippen MR) is 314 cm³/mol. The molecule has 21 nitrogen and oxygen atoms in total. The van der Waals surface area contributed by atoms with Gasteiger partial charge in [-0.15, -0.1) is 0 Å². The summed E-state index contributed by atoms with van der Waals surface area (Å²) in [6.45, 7) is 11.5. The lowest BCUT2D eigenvalue weighted by Crippen LogP contribution is -2.19. The molecule has 0 fully saturated rings. The first-order chi connectivity index (χ1) is 40.2. The summed E-state index contributed by atoms with van der Waals surface area (Å²) in [5.41, 5.74) is 10.0. The Labute approximate surface area is 499 Å². The zero-order valence-corrected chi connectivity index (χ0v) is 49.6. The number of carbonyl (C=O) groups is 8. The summed E-state index contributed by atoms with van der Waals surface area (Å²) >= 11 is 13.8. The second-order valence-electron chi connectivity index (χ2n) is 18.3. The van der Waals surface area contributed by atoms with Crippen molar-refractivity contribution in [3.63, 3.8) is 0 Å². The molecule has 0 spiro atoms. The van der Waals surface area contributed by atoms with E-state index in [0.29, 0.717) is 126 Å². The number of ketones is 3. The first-order valence-corrected chi connectivity index (χ1v) is 30.9. The van der Waals surface area contributed by atoms with Gasteiger partial charge in [0.25, 0.3) is 6.47 Å². The third kappa shape index (κ3) is 20.1. The number of carbonyl (C=O) groups excluding carboxylic acids is 5. The highest BCUT2D eigenvalue weighted by Crippen LogP contribution is 2.61. The molecule has 3 unspecified atom stereocenters. The van der Waals surface area contributed by atoms with Gasteiger partial charge in [-0.1, -0.05) is 46.5 Å². The van der Waals surface area contributed by atoms with Gasteiger partial charge in [0.15, 0.2) is 5.75 Å². The van der Waals surface area contributed by atoms with Crippen LogP contribution >= 0.6 is 38.9 Å². The number of fused-ring (bicyclic) bond motifs is 3. The molecule has 84 heavy (non-hydrogen) atoms. The third-order valence-electron chi connectivity index (χ3n) is 12.9. The molecule has 0 saturated heterocycles. The van der Waals surface area contributed by atoms with E-state index in [9.17, 15) is 58.2 Å². The van der Waals surface area contributed by atoms with Crippen LogP contribution < -0.4 is 25.4 Å². The number of nitrogens with zero attached hydrogens (tertiary/aromatic N) is 3. The first kappa shape index (κ1) is 68.4. The highest BCUT2D eigenvalue weighted by atomic mass is 36.0. The SMILES string of the molecule is C#COc1ccc(C(=O)c2ccc3n2CCC3C(=O)O)cc1.CCCC.CCCCNOc1ccc(C(=O)c2ccc3n2CCC3C(=O)O)cc1.CCOC=O.O=CNOc1ccc(C(=O)c2ccc3n2CCC3C(=O)O)cc1.O=P(Cl)(Cl)Cl. The largest absolute Gasteiger partial charge is 0.481 e. The van der Waals surface area contributed by atoms with Gasteiger partial charge in [0.05, 0.1) is 41.4 Å². The van der Waals surface area contributed by atoms with Gasteiger partial charge in [-0.25, -0.2) is 0 Å². The minimum Gasteiger partial charge on any atom is -0.481 e. The number of hydroxylamine groups is 2.